The second-order valence-corrected chi connectivity index (χ2v) is 9.68. The summed E-state index contributed by atoms with van der Waals surface area (Å²) < 4.78 is 75.1. The average molecular weight is 440 g/mol. The Morgan fingerprint density at radius 2 is 1.70 bits per heavy atom. The van der Waals surface area contributed by atoms with Crippen molar-refractivity contribution in [2.24, 2.45) is 0 Å². The number of ether oxygens (including phenoxy) is 1. The Hall–Kier alpha value is -2.10. The first-order valence-corrected chi connectivity index (χ1v) is 11.2. The van der Waals surface area contributed by atoms with Crippen molar-refractivity contribution in [2.75, 3.05) is 20.1 Å². The Kier molecular flexibility index (Phi) is 5.32. The molecule has 162 valence electrons. The van der Waals surface area contributed by atoms with Gasteiger partial charge in [-0.05, 0) is 38.1 Å². The zero-order valence-corrected chi connectivity index (χ0v) is 17.3. The number of piperidine rings is 1. The normalized spacial score (nSPS) is 21.8. The summed E-state index contributed by atoms with van der Waals surface area (Å²) in [6.45, 7) is 1.61. The second-order valence-electron chi connectivity index (χ2n) is 8.00. The molecular formula is C21H23F3N2O3S. The molecule has 1 atom stereocenters. The van der Waals surface area contributed by atoms with Crippen LogP contribution in [0.5, 0.6) is 5.75 Å². The topological polar surface area (TPSA) is 58.6 Å². The van der Waals surface area contributed by atoms with Gasteiger partial charge in [-0.1, -0.05) is 30.3 Å². The summed E-state index contributed by atoms with van der Waals surface area (Å²) >= 11 is 0. The molecule has 0 bridgehead atoms. The van der Waals surface area contributed by atoms with Gasteiger partial charge in [-0.2, -0.15) is 13.2 Å². The number of nitrogens with one attached hydrogen (secondary N) is 1. The number of benzene rings is 2. The first-order valence-electron chi connectivity index (χ1n) is 9.75. The van der Waals surface area contributed by atoms with Crippen LogP contribution in [0.1, 0.15) is 36.4 Å². The van der Waals surface area contributed by atoms with E-state index in [-0.39, 0.29) is 0 Å². The van der Waals surface area contributed by atoms with E-state index in [1.807, 2.05) is 7.05 Å². The highest BCUT2D eigenvalue weighted by Crippen LogP contribution is 2.45. The van der Waals surface area contributed by atoms with E-state index in [0.717, 1.165) is 38.1 Å². The number of rotatable bonds is 3. The lowest BCUT2D eigenvalue weighted by molar-refractivity contribution is -0.139. The number of hydrogen-bond donors (Lipinski definition) is 1. The third-order valence-corrected chi connectivity index (χ3v) is 7.40. The summed E-state index contributed by atoms with van der Waals surface area (Å²) in [7, 11) is -2.41. The Bertz CT molecular complexity index is 1030. The quantitative estimate of drug-likeness (QED) is 0.785. The van der Waals surface area contributed by atoms with Gasteiger partial charge in [0.15, 0.2) is 0 Å². The highest BCUT2D eigenvalue weighted by molar-refractivity contribution is 7.89. The minimum Gasteiger partial charge on any atom is -0.487 e. The summed E-state index contributed by atoms with van der Waals surface area (Å²) in [5.74, 6) is 0.574. The predicted octanol–water partition coefficient (Wildman–Crippen LogP) is 3.97. The van der Waals surface area contributed by atoms with Gasteiger partial charge in [-0.25, -0.2) is 13.1 Å². The van der Waals surface area contributed by atoms with Crippen molar-refractivity contribution in [2.45, 2.75) is 42.0 Å². The summed E-state index contributed by atoms with van der Waals surface area (Å²) in [5, 5.41) is 0. The Morgan fingerprint density at radius 1 is 1.07 bits per heavy atom. The van der Waals surface area contributed by atoms with Crippen molar-refractivity contribution >= 4 is 10.0 Å². The van der Waals surface area contributed by atoms with E-state index in [0.29, 0.717) is 17.7 Å². The summed E-state index contributed by atoms with van der Waals surface area (Å²) in [5.41, 5.74) is -1.08. The fourth-order valence-corrected chi connectivity index (χ4v) is 5.68. The molecule has 0 saturated carbocycles. The summed E-state index contributed by atoms with van der Waals surface area (Å²) in [6.07, 6.45) is -2.97. The van der Waals surface area contributed by atoms with Gasteiger partial charge in [0.2, 0.25) is 10.0 Å². The lowest BCUT2D eigenvalue weighted by atomic mass is 9.81. The lowest BCUT2D eigenvalue weighted by Crippen LogP contribution is -2.51. The maximum atomic E-state index is 13.4. The van der Waals surface area contributed by atoms with E-state index in [1.165, 1.54) is 12.1 Å². The zero-order valence-electron chi connectivity index (χ0n) is 16.4. The van der Waals surface area contributed by atoms with Gasteiger partial charge in [-0.3, -0.25) is 0 Å². The van der Waals surface area contributed by atoms with Crippen molar-refractivity contribution in [3.8, 4) is 5.75 Å². The first-order chi connectivity index (χ1) is 14.1. The Morgan fingerprint density at radius 3 is 2.40 bits per heavy atom. The number of sulfonamides is 1. The molecule has 1 unspecified atom stereocenters. The monoisotopic (exact) mass is 440 g/mol. The van der Waals surface area contributed by atoms with Gasteiger partial charge in [0.05, 0.1) is 16.5 Å². The summed E-state index contributed by atoms with van der Waals surface area (Å²) in [6, 6.07) is 10.7. The number of fused-ring (bicyclic) bond motifs is 1. The molecule has 1 saturated heterocycles. The third kappa shape index (κ3) is 4.06. The molecule has 30 heavy (non-hydrogen) atoms. The number of alkyl halides is 3. The molecule has 9 heteroatoms. The van der Waals surface area contributed by atoms with Gasteiger partial charge in [0.1, 0.15) is 11.4 Å². The lowest BCUT2D eigenvalue weighted by Gasteiger charge is -2.46. The van der Waals surface area contributed by atoms with Crippen LogP contribution in [0.25, 0.3) is 0 Å². The molecule has 1 fully saturated rings. The molecule has 5 nitrogen and oxygen atoms in total. The van der Waals surface area contributed by atoms with Crippen molar-refractivity contribution in [1.29, 1.82) is 0 Å². The van der Waals surface area contributed by atoms with Gasteiger partial charge < -0.3 is 9.64 Å². The SMILES string of the molecule is CN1CCC2(CC1)CC(NS(=O)(=O)c1ccccc1C(F)(F)F)c1ccccc1O2. The van der Waals surface area contributed by atoms with Crippen LogP contribution in [0.2, 0.25) is 0 Å². The number of para-hydroxylation sites is 1. The minimum absolute atomic E-state index is 0.366. The van der Waals surface area contributed by atoms with Gasteiger partial charge in [0.25, 0.3) is 0 Å². The van der Waals surface area contributed by atoms with E-state index in [4.69, 9.17) is 4.74 Å². The molecule has 2 aliphatic heterocycles. The number of nitrogens with zero attached hydrogens (tertiary/aromatic N) is 1. The number of hydrogen-bond acceptors (Lipinski definition) is 4. The van der Waals surface area contributed by atoms with Crippen LogP contribution in [0.3, 0.4) is 0 Å². The molecule has 4 rings (SSSR count). The van der Waals surface area contributed by atoms with Gasteiger partial charge >= 0.3 is 6.18 Å². The first kappa shape index (κ1) is 21.1. The van der Waals surface area contributed by atoms with E-state index >= 15 is 0 Å². The highest BCUT2D eigenvalue weighted by Gasteiger charge is 2.45. The number of likely N-dealkylation sites (tertiary alicyclic amines) is 1. The minimum atomic E-state index is -4.77. The van der Waals surface area contributed by atoms with Crippen molar-refractivity contribution in [1.82, 2.24) is 9.62 Å². The van der Waals surface area contributed by atoms with E-state index in [1.54, 1.807) is 24.3 Å². The molecular weight excluding hydrogens is 417 g/mol. The molecule has 0 amide bonds. The van der Waals surface area contributed by atoms with Crippen LogP contribution in [0, 0.1) is 0 Å². The molecule has 0 aromatic heterocycles. The highest BCUT2D eigenvalue weighted by atomic mass is 32.2. The fourth-order valence-electron chi connectivity index (χ4n) is 4.24. The van der Waals surface area contributed by atoms with E-state index < -0.39 is 38.3 Å². The van der Waals surface area contributed by atoms with Crippen molar-refractivity contribution < 1.29 is 26.3 Å². The molecule has 1 spiro atoms. The van der Waals surface area contributed by atoms with Crippen molar-refractivity contribution in [3.05, 3.63) is 59.7 Å². The average Bonchev–Trinajstić information content (AvgIpc) is 2.70. The molecule has 2 heterocycles. The molecule has 0 aliphatic carbocycles. The number of halogens is 3. The molecule has 1 N–H and O–H groups in total. The second kappa shape index (κ2) is 7.55. The smallest absolute Gasteiger partial charge is 0.417 e. The van der Waals surface area contributed by atoms with E-state index in [2.05, 4.69) is 9.62 Å². The van der Waals surface area contributed by atoms with Gasteiger partial charge in [-0.15, -0.1) is 0 Å². The van der Waals surface area contributed by atoms with Crippen LogP contribution in [-0.4, -0.2) is 39.1 Å². The maximum Gasteiger partial charge on any atom is 0.417 e. The fraction of sp³-hybridized carbons (Fsp3) is 0.429. The van der Waals surface area contributed by atoms with Crippen LogP contribution >= 0.6 is 0 Å². The Balaban J connectivity index is 1.70. The van der Waals surface area contributed by atoms with Crippen LogP contribution in [0.4, 0.5) is 13.2 Å². The zero-order chi connectivity index (χ0) is 21.6. The molecule has 2 aromatic rings. The Labute approximate surface area is 173 Å². The standard InChI is InChI=1S/C21H23F3N2O3S/c1-26-12-10-20(11-13-26)14-17(15-6-2-4-8-18(15)29-20)25-30(27,28)19-9-5-3-7-16(19)21(22,23)24/h2-9,17,25H,10-14H2,1H3. The molecule has 2 aromatic carbocycles. The summed E-state index contributed by atoms with van der Waals surface area (Å²) in [4.78, 5) is 1.41. The van der Waals surface area contributed by atoms with Crippen LogP contribution in [0.15, 0.2) is 53.4 Å². The van der Waals surface area contributed by atoms with Crippen LogP contribution < -0.4 is 9.46 Å². The van der Waals surface area contributed by atoms with Crippen LogP contribution in [-0.2, 0) is 16.2 Å². The van der Waals surface area contributed by atoms with Gasteiger partial charge in [0, 0.05) is 25.1 Å². The van der Waals surface area contributed by atoms with Crippen molar-refractivity contribution in [3.63, 3.8) is 0 Å². The maximum absolute atomic E-state index is 13.4. The van der Waals surface area contributed by atoms with E-state index in [9.17, 15) is 21.6 Å². The predicted molar refractivity (Wildman–Crippen MR) is 106 cm³/mol. The molecule has 0 radical (unpaired) electrons. The third-order valence-electron chi connectivity index (χ3n) is 5.87. The largest absolute Gasteiger partial charge is 0.487 e. The molecule has 2 aliphatic rings.